The molecule has 2 nitrogen and oxygen atoms in total. The van der Waals surface area contributed by atoms with Crippen molar-refractivity contribution in [2.75, 3.05) is 13.7 Å². The van der Waals surface area contributed by atoms with Crippen molar-refractivity contribution in [2.45, 2.75) is 32.7 Å². The number of rotatable bonds is 5. The van der Waals surface area contributed by atoms with Crippen LogP contribution in [0.5, 0.6) is 5.75 Å². The minimum absolute atomic E-state index is 0.0282. The molecule has 0 saturated carbocycles. The van der Waals surface area contributed by atoms with Gasteiger partial charge >= 0.3 is 0 Å². The summed E-state index contributed by atoms with van der Waals surface area (Å²) in [6.07, 6.45) is 0.785. The SMILES string of the molecule is CCOc1ccc(CC(C)(C)NC)cc1F. The Morgan fingerprint density at radius 3 is 2.56 bits per heavy atom. The van der Waals surface area contributed by atoms with Gasteiger partial charge in [0, 0.05) is 5.54 Å². The minimum atomic E-state index is -0.286. The molecule has 1 rings (SSSR count). The monoisotopic (exact) mass is 225 g/mol. The topological polar surface area (TPSA) is 21.3 Å². The third-order valence-electron chi connectivity index (χ3n) is 2.62. The lowest BCUT2D eigenvalue weighted by atomic mass is 9.95. The fourth-order valence-corrected chi connectivity index (χ4v) is 1.53. The number of ether oxygens (including phenoxy) is 1. The highest BCUT2D eigenvalue weighted by molar-refractivity contribution is 5.30. The normalized spacial score (nSPS) is 11.6. The Bertz CT molecular complexity index is 350. The van der Waals surface area contributed by atoms with Crippen LogP contribution < -0.4 is 10.1 Å². The van der Waals surface area contributed by atoms with Crippen molar-refractivity contribution in [1.82, 2.24) is 5.32 Å². The van der Waals surface area contributed by atoms with Gasteiger partial charge in [-0.15, -0.1) is 0 Å². The molecule has 0 saturated heterocycles. The number of likely N-dealkylation sites (N-methyl/N-ethyl adjacent to an activating group) is 1. The summed E-state index contributed by atoms with van der Waals surface area (Å²) in [5.74, 6) is 0.0415. The van der Waals surface area contributed by atoms with E-state index >= 15 is 0 Å². The minimum Gasteiger partial charge on any atom is -0.491 e. The molecule has 0 bridgehead atoms. The van der Waals surface area contributed by atoms with E-state index in [1.54, 1.807) is 12.1 Å². The highest BCUT2D eigenvalue weighted by Gasteiger charge is 2.16. The maximum absolute atomic E-state index is 13.6. The van der Waals surface area contributed by atoms with Crippen molar-refractivity contribution in [1.29, 1.82) is 0 Å². The van der Waals surface area contributed by atoms with E-state index in [0.717, 1.165) is 12.0 Å². The van der Waals surface area contributed by atoms with Crippen molar-refractivity contribution in [3.05, 3.63) is 29.6 Å². The Morgan fingerprint density at radius 2 is 2.06 bits per heavy atom. The molecule has 0 fully saturated rings. The number of hydrogen-bond acceptors (Lipinski definition) is 2. The van der Waals surface area contributed by atoms with Crippen LogP contribution in [-0.2, 0) is 6.42 Å². The van der Waals surface area contributed by atoms with E-state index in [4.69, 9.17) is 4.74 Å². The summed E-state index contributed by atoms with van der Waals surface area (Å²) in [6, 6.07) is 5.15. The maximum atomic E-state index is 13.6. The molecule has 0 aromatic heterocycles. The van der Waals surface area contributed by atoms with Crippen LogP contribution in [0.1, 0.15) is 26.3 Å². The second-order valence-corrected chi connectivity index (χ2v) is 4.51. The van der Waals surface area contributed by atoms with Gasteiger partial charge in [0.25, 0.3) is 0 Å². The van der Waals surface area contributed by atoms with Crippen molar-refractivity contribution in [3.8, 4) is 5.75 Å². The van der Waals surface area contributed by atoms with Crippen molar-refractivity contribution in [3.63, 3.8) is 0 Å². The molecule has 0 atom stereocenters. The predicted octanol–water partition coefficient (Wildman–Crippen LogP) is 2.76. The third kappa shape index (κ3) is 3.49. The first kappa shape index (κ1) is 13.0. The second kappa shape index (κ2) is 5.30. The standard InChI is InChI=1S/C13H20FNO/c1-5-16-12-7-6-10(8-11(12)14)9-13(2,3)15-4/h6-8,15H,5,9H2,1-4H3. The molecule has 0 aliphatic heterocycles. The van der Waals surface area contributed by atoms with Gasteiger partial charge in [-0.1, -0.05) is 6.07 Å². The summed E-state index contributed by atoms with van der Waals surface area (Å²) >= 11 is 0. The first-order chi connectivity index (χ1) is 7.48. The first-order valence-corrected chi connectivity index (χ1v) is 5.58. The molecular formula is C13H20FNO. The van der Waals surface area contributed by atoms with Crippen molar-refractivity contribution in [2.24, 2.45) is 0 Å². The molecule has 1 aromatic carbocycles. The van der Waals surface area contributed by atoms with Gasteiger partial charge in [-0.2, -0.15) is 0 Å². The molecule has 0 unspecified atom stereocenters. The summed E-state index contributed by atoms with van der Waals surface area (Å²) < 4.78 is 18.7. The van der Waals surface area contributed by atoms with Crippen LogP contribution >= 0.6 is 0 Å². The van der Waals surface area contributed by atoms with Gasteiger partial charge in [0.2, 0.25) is 0 Å². The highest BCUT2D eigenvalue weighted by atomic mass is 19.1. The van der Waals surface area contributed by atoms with Crippen LogP contribution in [0, 0.1) is 5.82 Å². The zero-order chi connectivity index (χ0) is 12.2. The molecule has 0 heterocycles. The molecule has 16 heavy (non-hydrogen) atoms. The van der Waals surface area contributed by atoms with Gasteiger partial charge in [0.1, 0.15) is 0 Å². The number of nitrogens with one attached hydrogen (secondary N) is 1. The highest BCUT2D eigenvalue weighted by Crippen LogP contribution is 2.21. The molecule has 0 radical (unpaired) electrons. The van der Waals surface area contributed by atoms with Crippen LogP contribution in [0.3, 0.4) is 0 Å². The van der Waals surface area contributed by atoms with Crippen molar-refractivity contribution < 1.29 is 9.13 Å². The lowest BCUT2D eigenvalue weighted by Gasteiger charge is -2.24. The van der Waals surface area contributed by atoms with E-state index < -0.39 is 0 Å². The zero-order valence-corrected chi connectivity index (χ0v) is 10.4. The lowest BCUT2D eigenvalue weighted by Crippen LogP contribution is -2.38. The summed E-state index contributed by atoms with van der Waals surface area (Å²) in [6.45, 7) is 6.50. The second-order valence-electron chi connectivity index (χ2n) is 4.51. The average molecular weight is 225 g/mol. The summed E-state index contributed by atoms with van der Waals surface area (Å²) in [5, 5.41) is 3.20. The molecular weight excluding hydrogens is 205 g/mol. The first-order valence-electron chi connectivity index (χ1n) is 5.58. The average Bonchev–Trinajstić information content (AvgIpc) is 2.22. The van der Waals surface area contributed by atoms with Crippen molar-refractivity contribution >= 4 is 0 Å². The van der Waals surface area contributed by atoms with Gasteiger partial charge in [0.15, 0.2) is 11.6 Å². The Kier molecular flexibility index (Phi) is 4.30. The Morgan fingerprint density at radius 1 is 1.38 bits per heavy atom. The van der Waals surface area contributed by atoms with E-state index in [-0.39, 0.29) is 11.4 Å². The predicted molar refractivity (Wildman–Crippen MR) is 64.4 cm³/mol. The van der Waals surface area contributed by atoms with Crippen LogP contribution in [0.25, 0.3) is 0 Å². The van der Waals surface area contributed by atoms with E-state index in [2.05, 4.69) is 19.2 Å². The number of benzene rings is 1. The van der Waals surface area contributed by atoms with Gasteiger partial charge in [0.05, 0.1) is 6.61 Å². The molecule has 1 N–H and O–H groups in total. The largest absolute Gasteiger partial charge is 0.491 e. The van der Waals surface area contributed by atoms with Crippen LogP contribution in [0.2, 0.25) is 0 Å². The van der Waals surface area contributed by atoms with E-state index in [1.807, 2.05) is 20.0 Å². The molecule has 0 spiro atoms. The number of hydrogen-bond donors (Lipinski definition) is 1. The third-order valence-corrected chi connectivity index (χ3v) is 2.62. The number of halogens is 1. The molecule has 1 aromatic rings. The van der Waals surface area contributed by atoms with E-state index in [0.29, 0.717) is 12.4 Å². The molecule has 0 aliphatic carbocycles. The molecule has 3 heteroatoms. The smallest absolute Gasteiger partial charge is 0.165 e. The van der Waals surface area contributed by atoms with Crippen LogP contribution in [0.4, 0.5) is 4.39 Å². The Hall–Kier alpha value is -1.09. The van der Waals surface area contributed by atoms with Gasteiger partial charge in [-0.25, -0.2) is 4.39 Å². The van der Waals surface area contributed by atoms with Crippen LogP contribution in [0.15, 0.2) is 18.2 Å². The summed E-state index contributed by atoms with van der Waals surface area (Å²) in [4.78, 5) is 0. The fourth-order valence-electron chi connectivity index (χ4n) is 1.53. The summed E-state index contributed by atoms with van der Waals surface area (Å²) in [5.41, 5.74) is 0.944. The fraction of sp³-hybridized carbons (Fsp3) is 0.538. The Labute approximate surface area is 96.8 Å². The van der Waals surface area contributed by atoms with Gasteiger partial charge in [-0.05, 0) is 51.9 Å². The van der Waals surface area contributed by atoms with Gasteiger partial charge < -0.3 is 10.1 Å². The van der Waals surface area contributed by atoms with Crippen LogP contribution in [-0.4, -0.2) is 19.2 Å². The summed E-state index contributed by atoms with van der Waals surface area (Å²) in [7, 11) is 1.91. The quantitative estimate of drug-likeness (QED) is 0.832. The zero-order valence-electron chi connectivity index (χ0n) is 10.4. The molecule has 90 valence electrons. The van der Waals surface area contributed by atoms with Gasteiger partial charge in [-0.3, -0.25) is 0 Å². The molecule has 0 aliphatic rings. The van der Waals surface area contributed by atoms with E-state index in [9.17, 15) is 4.39 Å². The molecule has 0 amide bonds. The Balaban J connectivity index is 2.81. The lowest BCUT2D eigenvalue weighted by molar-refractivity contribution is 0.321. The van der Waals surface area contributed by atoms with E-state index in [1.165, 1.54) is 0 Å². The maximum Gasteiger partial charge on any atom is 0.165 e.